The van der Waals surface area contributed by atoms with Gasteiger partial charge in [-0.1, -0.05) is 18.2 Å². The number of carbonyl (C=O) groups is 2. The number of hydrogen-bond acceptors (Lipinski definition) is 4. The van der Waals surface area contributed by atoms with E-state index in [9.17, 15) is 31.2 Å². The van der Waals surface area contributed by atoms with Gasteiger partial charge in [0.1, 0.15) is 0 Å². The molecule has 150 valence electrons. The molecule has 2 amide bonds. The van der Waals surface area contributed by atoms with Gasteiger partial charge in [-0.25, -0.2) is 13.6 Å². The zero-order chi connectivity index (χ0) is 20.9. The largest absolute Gasteiger partial charge is 0.416 e. The van der Waals surface area contributed by atoms with Crippen molar-refractivity contribution in [2.45, 2.75) is 17.5 Å². The second-order valence-electron chi connectivity index (χ2n) is 5.73. The van der Waals surface area contributed by atoms with Crippen LogP contribution in [0.5, 0.6) is 0 Å². The molecule has 0 atom stereocenters. The van der Waals surface area contributed by atoms with Crippen molar-refractivity contribution in [1.82, 2.24) is 5.32 Å². The molecule has 0 aliphatic heterocycles. The Balaban J connectivity index is 1.87. The van der Waals surface area contributed by atoms with Crippen molar-refractivity contribution in [2.75, 3.05) is 11.9 Å². The predicted octanol–water partition coefficient (Wildman–Crippen LogP) is 1.65. The Morgan fingerprint density at radius 2 is 1.64 bits per heavy atom. The maximum absolute atomic E-state index is 12.6. The molecule has 0 heterocycles. The summed E-state index contributed by atoms with van der Waals surface area (Å²) in [6.45, 7) is 0.0591. The molecule has 0 fully saturated rings. The van der Waals surface area contributed by atoms with E-state index in [1.54, 1.807) is 0 Å². The number of amides is 2. The summed E-state index contributed by atoms with van der Waals surface area (Å²) in [7, 11) is -3.80. The predicted molar refractivity (Wildman–Crippen MR) is 94.6 cm³/mol. The maximum atomic E-state index is 12.6. The number of nitrogens with one attached hydrogen (secondary N) is 2. The number of hydrogen-bond donors (Lipinski definition) is 3. The van der Waals surface area contributed by atoms with Gasteiger partial charge < -0.3 is 10.6 Å². The summed E-state index contributed by atoms with van der Waals surface area (Å²) in [6, 6.07) is 9.55. The number of primary sulfonamides is 1. The van der Waals surface area contributed by atoms with Crippen LogP contribution < -0.4 is 15.8 Å². The van der Waals surface area contributed by atoms with Crippen LogP contribution in [-0.2, 0) is 32.2 Å². The Hall–Kier alpha value is -2.92. The van der Waals surface area contributed by atoms with Crippen LogP contribution in [0.2, 0.25) is 0 Å². The number of sulfonamides is 1. The summed E-state index contributed by atoms with van der Waals surface area (Å²) in [5.74, 6) is -2.12. The lowest BCUT2D eigenvalue weighted by molar-refractivity contribution is -0.137. The molecule has 0 bridgehead atoms. The number of alkyl halides is 3. The van der Waals surface area contributed by atoms with Gasteiger partial charge in [0.15, 0.2) is 0 Å². The van der Waals surface area contributed by atoms with Gasteiger partial charge in [-0.05, 0) is 42.3 Å². The lowest BCUT2D eigenvalue weighted by Gasteiger charge is -2.10. The molecule has 0 aromatic heterocycles. The number of benzene rings is 2. The van der Waals surface area contributed by atoms with Crippen LogP contribution in [0.1, 0.15) is 11.1 Å². The van der Waals surface area contributed by atoms with Gasteiger partial charge in [-0.15, -0.1) is 0 Å². The average Bonchev–Trinajstić information content (AvgIpc) is 2.61. The van der Waals surface area contributed by atoms with Crippen LogP contribution >= 0.6 is 0 Å². The van der Waals surface area contributed by atoms with Gasteiger partial charge >= 0.3 is 18.0 Å². The molecule has 4 N–H and O–H groups in total. The molecule has 0 radical (unpaired) electrons. The number of anilines is 1. The molecule has 7 nitrogen and oxygen atoms in total. The van der Waals surface area contributed by atoms with Crippen LogP contribution in [0.3, 0.4) is 0 Å². The first kappa shape index (κ1) is 21.4. The van der Waals surface area contributed by atoms with E-state index in [4.69, 9.17) is 5.14 Å². The van der Waals surface area contributed by atoms with Crippen molar-refractivity contribution in [3.8, 4) is 0 Å². The second-order valence-corrected chi connectivity index (χ2v) is 7.29. The minimum Gasteiger partial charge on any atom is -0.347 e. The van der Waals surface area contributed by atoms with Gasteiger partial charge in [0.2, 0.25) is 10.0 Å². The number of halogens is 3. The summed E-state index contributed by atoms with van der Waals surface area (Å²) in [6.07, 6.45) is -4.27. The number of carbonyl (C=O) groups excluding carboxylic acids is 2. The molecule has 0 unspecified atom stereocenters. The van der Waals surface area contributed by atoms with E-state index >= 15 is 0 Å². The molecular formula is C17H16F3N3O4S. The number of rotatable bonds is 5. The van der Waals surface area contributed by atoms with Crippen molar-refractivity contribution in [1.29, 1.82) is 0 Å². The molecule has 11 heteroatoms. The van der Waals surface area contributed by atoms with Crippen molar-refractivity contribution < 1.29 is 31.2 Å². The first-order chi connectivity index (χ1) is 13.0. The van der Waals surface area contributed by atoms with Crippen LogP contribution in [-0.4, -0.2) is 26.8 Å². The third kappa shape index (κ3) is 6.06. The molecule has 0 saturated carbocycles. The van der Waals surface area contributed by atoms with Crippen molar-refractivity contribution >= 4 is 27.5 Å². The maximum Gasteiger partial charge on any atom is 0.416 e. The zero-order valence-electron chi connectivity index (χ0n) is 14.3. The Kier molecular flexibility index (Phi) is 6.41. The summed E-state index contributed by atoms with van der Waals surface area (Å²) >= 11 is 0. The third-order valence-electron chi connectivity index (χ3n) is 3.61. The van der Waals surface area contributed by atoms with E-state index in [1.165, 1.54) is 30.3 Å². The molecule has 2 aromatic carbocycles. The van der Waals surface area contributed by atoms with Crippen LogP contribution in [0.15, 0.2) is 53.4 Å². The Morgan fingerprint density at radius 3 is 2.21 bits per heavy atom. The Bertz CT molecular complexity index is 974. The van der Waals surface area contributed by atoms with E-state index in [-0.39, 0.29) is 17.1 Å². The molecule has 28 heavy (non-hydrogen) atoms. The van der Waals surface area contributed by atoms with Crippen molar-refractivity contribution in [3.05, 3.63) is 59.7 Å². The van der Waals surface area contributed by atoms with E-state index in [2.05, 4.69) is 10.6 Å². The highest BCUT2D eigenvalue weighted by Gasteiger charge is 2.30. The first-order valence-corrected chi connectivity index (χ1v) is 9.39. The smallest absolute Gasteiger partial charge is 0.347 e. The fourth-order valence-corrected chi connectivity index (χ4v) is 2.72. The van der Waals surface area contributed by atoms with E-state index in [0.29, 0.717) is 12.0 Å². The average molecular weight is 415 g/mol. The molecule has 0 saturated heterocycles. The highest BCUT2D eigenvalue weighted by Crippen LogP contribution is 2.30. The highest BCUT2D eigenvalue weighted by molar-refractivity contribution is 7.89. The summed E-state index contributed by atoms with van der Waals surface area (Å²) < 4.78 is 60.3. The lowest BCUT2D eigenvalue weighted by Crippen LogP contribution is -2.36. The highest BCUT2D eigenvalue weighted by atomic mass is 32.2. The van der Waals surface area contributed by atoms with Gasteiger partial charge in [0.05, 0.1) is 10.5 Å². The number of nitrogens with two attached hydrogens (primary N) is 1. The Labute approximate surface area is 158 Å². The zero-order valence-corrected chi connectivity index (χ0v) is 15.1. The van der Waals surface area contributed by atoms with E-state index < -0.39 is 33.6 Å². The SMILES string of the molecule is NS(=O)(=O)c1ccc(CCNC(=O)C(=O)Nc2cccc(C(F)(F)F)c2)cc1. The van der Waals surface area contributed by atoms with Crippen molar-refractivity contribution in [2.24, 2.45) is 5.14 Å². The monoisotopic (exact) mass is 415 g/mol. The summed E-state index contributed by atoms with van der Waals surface area (Å²) in [5, 5.41) is 9.40. The molecule has 0 spiro atoms. The Morgan fingerprint density at radius 1 is 1.00 bits per heavy atom. The summed E-state index contributed by atoms with van der Waals surface area (Å²) in [4.78, 5) is 23.5. The third-order valence-corrected chi connectivity index (χ3v) is 4.53. The molecule has 0 aliphatic rings. The van der Waals surface area contributed by atoms with Crippen LogP contribution in [0.4, 0.5) is 18.9 Å². The second kappa shape index (κ2) is 8.40. The fraction of sp³-hybridized carbons (Fsp3) is 0.176. The van der Waals surface area contributed by atoms with Crippen LogP contribution in [0.25, 0.3) is 0 Å². The van der Waals surface area contributed by atoms with Gasteiger partial charge in [0, 0.05) is 12.2 Å². The van der Waals surface area contributed by atoms with E-state index in [0.717, 1.165) is 18.2 Å². The quantitative estimate of drug-likeness (QED) is 0.644. The van der Waals surface area contributed by atoms with Gasteiger partial charge in [-0.2, -0.15) is 13.2 Å². The molecule has 2 aromatic rings. The van der Waals surface area contributed by atoms with Crippen LogP contribution in [0, 0.1) is 0 Å². The molecule has 2 rings (SSSR count). The van der Waals surface area contributed by atoms with Gasteiger partial charge in [0.25, 0.3) is 0 Å². The normalized spacial score (nSPS) is 11.7. The molecular weight excluding hydrogens is 399 g/mol. The van der Waals surface area contributed by atoms with Gasteiger partial charge in [-0.3, -0.25) is 9.59 Å². The molecule has 0 aliphatic carbocycles. The lowest BCUT2D eigenvalue weighted by atomic mass is 10.1. The summed E-state index contributed by atoms with van der Waals surface area (Å²) in [5.41, 5.74) is -0.423. The first-order valence-electron chi connectivity index (χ1n) is 7.85. The topological polar surface area (TPSA) is 118 Å². The fourth-order valence-electron chi connectivity index (χ4n) is 2.21. The minimum absolute atomic E-state index is 0.0549. The van der Waals surface area contributed by atoms with Crippen molar-refractivity contribution in [3.63, 3.8) is 0 Å². The standard InChI is InChI=1S/C17H16F3N3O4S/c18-17(19,20)12-2-1-3-13(10-12)23-16(25)15(24)22-9-8-11-4-6-14(7-5-11)28(21,26)27/h1-7,10H,8-9H2,(H,22,24)(H,23,25)(H2,21,26,27). The van der Waals surface area contributed by atoms with E-state index in [1.807, 2.05) is 0 Å². The minimum atomic E-state index is -4.57.